The third kappa shape index (κ3) is 2.81. The molecule has 12 heavy (non-hydrogen) atoms. The Kier molecular flexibility index (Phi) is 4.08. The number of alkyl halides is 1. The van der Waals surface area contributed by atoms with Crippen LogP contribution in [0.1, 0.15) is 12.1 Å². The summed E-state index contributed by atoms with van der Waals surface area (Å²) in [7, 11) is 1.65. The van der Waals surface area contributed by atoms with Gasteiger partial charge < -0.3 is 4.74 Å². The maximum Gasteiger partial charge on any atom is 0.137 e. The summed E-state index contributed by atoms with van der Waals surface area (Å²) in [5, 5.41) is 1.03. The number of aryl methyl sites for hydroxylation is 1. The number of pyridine rings is 1. The number of halogens is 1. The second-order valence-corrected chi connectivity index (χ2v) is 3.27. The van der Waals surface area contributed by atoms with Gasteiger partial charge in [0.05, 0.1) is 13.3 Å². The first-order valence-corrected chi connectivity index (χ1v) is 5.04. The Morgan fingerprint density at radius 3 is 2.83 bits per heavy atom. The molecule has 0 radical (unpaired) electrons. The van der Waals surface area contributed by atoms with E-state index in [1.54, 1.807) is 13.3 Å². The molecule has 0 spiro atoms. The second kappa shape index (κ2) is 5.14. The van der Waals surface area contributed by atoms with Gasteiger partial charge in [0.25, 0.3) is 0 Å². The topological polar surface area (TPSA) is 22.1 Å². The molecule has 0 saturated heterocycles. The molecule has 0 amide bonds. The normalized spacial score (nSPS) is 9.83. The number of aromatic nitrogens is 1. The van der Waals surface area contributed by atoms with Crippen molar-refractivity contribution in [3.63, 3.8) is 0 Å². The molecule has 0 unspecified atom stereocenters. The summed E-state index contributed by atoms with van der Waals surface area (Å²) in [4.78, 5) is 4.24. The fourth-order valence-electron chi connectivity index (χ4n) is 0.927. The van der Waals surface area contributed by atoms with Crippen LogP contribution in [-0.4, -0.2) is 17.4 Å². The summed E-state index contributed by atoms with van der Waals surface area (Å²) in [5.74, 6) is 0.817. The van der Waals surface area contributed by atoms with E-state index in [-0.39, 0.29) is 0 Å². The lowest BCUT2D eigenvalue weighted by molar-refractivity contribution is 0.412. The minimum atomic E-state index is 0.817. The van der Waals surface area contributed by atoms with Gasteiger partial charge >= 0.3 is 0 Å². The van der Waals surface area contributed by atoms with Gasteiger partial charge in [0.2, 0.25) is 0 Å². The first kappa shape index (κ1) is 9.52. The van der Waals surface area contributed by atoms with Gasteiger partial charge in [0.1, 0.15) is 5.75 Å². The third-order valence-corrected chi connectivity index (χ3v) is 2.16. The molecule has 1 aromatic rings. The molecule has 0 aliphatic heterocycles. The molecule has 1 rings (SSSR count). The maximum atomic E-state index is 5.00. The van der Waals surface area contributed by atoms with Crippen LogP contribution in [0.5, 0.6) is 5.75 Å². The highest BCUT2D eigenvalue weighted by Gasteiger charge is 1.94. The van der Waals surface area contributed by atoms with E-state index in [0.29, 0.717) is 0 Å². The van der Waals surface area contributed by atoms with Gasteiger partial charge in [-0.1, -0.05) is 15.9 Å². The quantitative estimate of drug-likeness (QED) is 0.741. The van der Waals surface area contributed by atoms with Crippen LogP contribution in [0.3, 0.4) is 0 Å². The van der Waals surface area contributed by atoms with Gasteiger partial charge in [-0.2, -0.15) is 0 Å². The molecule has 0 aromatic carbocycles. The highest BCUT2D eigenvalue weighted by molar-refractivity contribution is 9.09. The highest BCUT2D eigenvalue weighted by Crippen LogP contribution is 2.09. The van der Waals surface area contributed by atoms with Crippen molar-refractivity contribution in [1.82, 2.24) is 4.98 Å². The molecule has 0 atom stereocenters. The standard InChI is InChI=1S/C9H12BrNO/c1-12-9-5-4-8(11-7-9)3-2-6-10/h4-5,7H,2-3,6H2,1H3. The molecule has 66 valence electrons. The van der Waals surface area contributed by atoms with Crippen molar-refractivity contribution >= 4 is 15.9 Å². The molecule has 3 heteroatoms. The second-order valence-electron chi connectivity index (χ2n) is 2.48. The smallest absolute Gasteiger partial charge is 0.137 e. The van der Waals surface area contributed by atoms with Gasteiger partial charge in [0.15, 0.2) is 0 Å². The summed E-state index contributed by atoms with van der Waals surface area (Å²) >= 11 is 3.38. The van der Waals surface area contributed by atoms with Gasteiger partial charge in [-0.05, 0) is 25.0 Å². The minimum Gasteiger partial charge on any atom is -0.495 e. The van der Waals surface area contributed by atoms with Crippen LogP contribution >= 0.6 is 15.9 Å². The first-order chi connectivity index (χ1) is 5.86. The van der Waals surface area contributed by atoms with Crippen LogP contribution in [0.2, 0.25) is 0 Å². The van der Waals surface area contributed by atoms with Crippen LogP contribution in [0.4, 0.5) is 0 Å². The molecule has 0 fully saturated rings. The number of hydrogen-bond donors (Lipinski definition) is 0. The highest BCUT2D eigenvalue weighted by atomic mass is 79.9. The van der Waals surface area contributed by atoms with Crippen molar-refractivity contribution in [1.29, 1.82) is 0 Å². The Labute approximate surface area is 81.1 Å². The van der Waals surface area contributed by atoms with Crippen LogP contribution < -0.4 is 4.74 Å². The van der Waals surface area contributed by atoms with Crippen LogP contribution in [-0.2, 0) is 6.42 Å². The van der Waals surface area contributed by atoms with E-state index >= 15 is 0 Å². The van der Waals surface area contributed by atoms with Crippen molar-refractivity contribution in [2.24, 2.45) is 0 Å². The number of rotatable bonds is 4. The Hall–Kier alpha value is -0.570. The molecule has 0 aliphatic carbocycles. The monoisotopic (exact) mass is 229 g/mol. The lowest BCUT2D eigenvalue weighted by atomic mass is 10.2. The van der Waals surface area contributed by atoms with Gasteiger partial charge in [0, 0.05) is 11.0 Å². The van der Waals surface area contributed by atoms with E-state index in [4.69, 9.17) is 4.74 Å². The van der Waals surface area contributed by atoms with Crippen LogP contribution in [0.15, 0.2) is 18.3 Å². The Balaban J connectivity index is 2.53. The van der Waals surface area contributed by atoms with Crippen molar-refractivity contribution in [2.45, 2.75) is 12.8 Å². The number of ether oxygens (including phenoxy) is 1. The van der Waals surface area contributed by atoms with E-state index in [9.17, 15) is 0 Å². The van der Waals surface area contributed by atoms with Gasteiger partial charge in [-0.25, -0.2) is 0 Å². The molecule has 0 saturated carbocycles. The Morgan fingerprint density at radius 1 is 1.50 bits per heavy atom. The number of methoxy groups -OCH3 is 1. The largest absolute Gasteiger partial charge is 0.495 e. The number of nitrogens with zero attached hydrogens (tertiary/aromatic N) is 1. The summed E-state index contributed by atoms with van der Waals surface area (Å²) in [6.07, 6.45) is 3.90. The molecular weight excluding hydrogens is 218 g/mol. The molecular formula is C9H12BrNO. The average molecular weight is 230 g/mol. The Bertz CT molecular complexity index is 222. The van der Waals surface area contributed by atoms with E-state index in [0.717, 1.165) is 29.6 Å². The minimum absolute atomic E-state index is 0.817. The zero-order valence-corrected chi connectivity index (χ0v) is 8.67. The molecule has 0 aliphatic rings. The van der Waals surface area contributed by atoms with E-state index in [1.807, 2.05) is 12.1 Å². The molecule has 0 bridgehead atoms. The summed E-state index contributed by atoms with van der Waals surface area (Å²) in [6.45, 7) is 0. The lowest BCUT2D eigenvalue weighted by Crippen LogP contribution is -1.91. The lowest BCUT2D eigenvalue weighted by Gasteiger charge is -2.00. The van der Waals surface area contributed by atoms with Gasteiger partial charge in [-0.15, -0.1) is 0 Å². The molecule has 2 nitrogen and oxygen atoms in total. The van der Waals surface area contributed by atoms with Crippen LogP contribution in [0, 0.1) is 0 Å². The first-order valence-electron chi connectivity index (χ1n) is 3.91. The number of hydrogen-bond acceptors (Lipinski definition) is 2. The molecule has 1 heterocycles. The molecule has 0 N–H and O–H groups in total. The van der Waals surface area contributed by atoms with Crippen molar-refractivity contribution in [3.05, 3.63) is 24.0 Å². The third-order valence-electron chi connectivity index (χ3n) is 1.60. The van der Waals surface area contributed by atoms with E-state index in [1.165, 1.54) is 0 Å². The van der Waals surface area contributed by atoms with Crippen molar-refractivity contribution < 1.29 is 4.74 Å². The zero-order valence-electron chi connectivity index (χ0n) is 7.09. The fourth-order valence-corrected chi connectivity index (χ4v) is 1.21. The predicted molar refractivity (Wildman–Crippen MR) is 52.9 cm³/mol. The zero-order chi connectivity index (χ0) is 8.81. The van der Waals surface area contributed by atoms with Crippen LogP contribution in [0.25, 0.3) is 0 Å². The summed E-state index contributed by atoms with van der Waals surface area (Å²) in [6, 6.07) is 3.94. The predicted octanol–water partition coefficient (Wildman–Crippen LogP) is 2.42. The summed E-state index contributed by atoms with van der Waals surface area (Å²) < 4.78 is 5.00. The maximum absolute atomic E-state index is 5.00. The van der Waals surface area contributed by atoms with Crippen molar-refractivity contribution in [2.75, 3.05) is 12.4 Å². The van der Waals surface area contributed by atoms with Crippen molar-refractivity contribution in [3.8, 4) is 5.75 Å². The summed E-state index contributed by atoms with van der Waals surface area (Å²) in [5.41, 5.74) is 1.12. The van der Waals surface area contributed by atoms with Gasteiger partial charge in [-0.3, -0.25) is 4.98 Å². The fraction of sp³-hybridized carbons (Fsp3) is 0.444. The van der Waals surface area contributed by atoms with E-state index < -0.39 is 0 Å². The van der Waals surface area contributed by atoms with E-state index in [2.05, 4.69) is 20.9 Å². The Morgan fingerprint density at radius 2 is 2.33 bits per heavy atom. The molecule has 1 aromatic heterocycles. The average Bonchev–Trinajstić information content (AvgIpc) is 2.15. The SMILES string of the molecule is COc1ccc(CCCBr)nc1.